The van der Waals surface area contributed by atoms with E-state index in [2.05, 4.69) is 42.0 Å². The molecule has 1 atom stereocenters. The number of aryl methyl sites for hydroxylation is 1. The second-order valence-electron chi connectivity index (χ2n) is 10.8. The zero-order valence-corrected chi connectivity index (χ0v) is 23.4. The number of nitrogens with zero attached hydrogens (tertiary/aromatic N) is 1. The fourth-order valence-corrected chi connectivity index (χ4v) is 4.14. The molecule has 0 fully saturated rings. The number of nitrogens with one attached hydrogen (secondary N) is 1. The highest BCUT2D eigenvalue weighted by atomic mass is 79.9. The van der Waals surface area contributed by atoms with E-state index in [-0.39, 0.29) is 23.8 Å². The zero-order valence-electron chi connectivity index (χ0n) is 21.8. The van der Waals surface area contributed by atoms with Crippen LogP contribution in [0.15, 0.2) is 46.9 Å². The number of carbonyl (C=O) groups is 2. The Kier molecular flexibility index (Phi) is 9.35. The van der Waals surface area contributed by atoms with E-state index in [1.165, 1.54) is 5.56 Å². The van der Waals surface area contributed by atoms with Gasteiger partial charge in [0.1, 0.15) is 11.8 Å². The molecule has 0 radical (unpaired) electrons. The summed E-state index contributed by atoms with van der Waals surface area (Å²) >= 11 is 3.57. The molecular formula is C28H39BrN2O3. The van der Waals surface area contributed by atoms with Crippen LogP contribution in [0.4, 0.5) is 0 Å². The monoisotopic (exact) mass is 530 g/mol. The van der Waals surface area contributed by atoms with Crippen LogP contribution < -0.4 is 10.1 Å². The van der Waals surface area contributed by atoms with Crippen LogP contribution in [0.2, 0.25) is 0 Å². The number of amides is 2. The number of ether oxygens (including phenoxy) is 1. The maximum absolute atomic E-state index is 13.4. The van der Waals surface area contributed by atoms with Crippen molar-refractivity contribution in [3.8, 4) is 5.75 Å². The highest BCUT2D eigenvalue weighted by Gasteiger charge is 2.31. The molecule has 0 aliphatic carbocycles. The normalized spacial score (nSPS) is 12.7. The van der Waals surface area contributed by atoms with Gasteiger partial charge in [-0.25, -0.2) is 0 Å². The summed E-state index contributed by atoms with van der Waals surface area (Å²) in [5, 5.41) is 3.03. The SMILES string of the molecule is CCC(C(=O)NC(C)(C)C)N(Cc1ccccc1C)C(=O)COc1ccc(C(C)(C)C)cc1Br. The maximum Gasteiger partial charge on any atom is 0.261 e. The van der Waals surface area contributed by atoms with E-state index in [0.29, 0.717) is 18.7 Å². The number of benzene rings is 2. The molecular weight excluding hydrogens is 492 g/mol. The average Bonchev–Trinajstić information content (AvgIpc) is 2.71. The third-order valence-corrected chi connectivity index (χ3v) is 6.25. The molecule has 1 unspecified atom stereocenters. The Balaban J connectivity index is 2.28. The molecule has 186 valence electrons. The topological polar surface area (TPSA) is 58.6 Å². The number of hydrogen-bond donors (Lipinski definition) is 1. The van der Waals surface area contributed by atoms with Crippen LogP contribution in [-0.2, 0) is 21.5 Å². The Bertz CT molecular complexity index is 1010. The molecule has 5 nitrogen and oxygen atoms in total. The highest BCUT2D eigenvalue weighted by Crippen LogP contribution is 2.31. The third kappa shape index (κ3) is 7.86. The lowest BCUT2D eigenvalue weighted by Crippen LogP contribution is -2.54. The standard InChI is InChI=1S/C28H39BrN2O3/c1-9-23(26(33)30-28(6,7)8)31(17-20-13-11-10-12-19(20)2)25(32)18-34-24-15-14-21(16-22(24)29)27(3,4)5/h10-16,23H,9,17-18H2,1-8H3,(H,30,33). The van der Waals surface area contributed by atoms with E-state index in [1.54, 1.807) is 4.90 Å². The Morgan fingerprint density at radius 3 is 2.24 bits per heavy atom. The molecule has 6 heteroatoms. The molecule has 2 aromatic carbocycles. The molecule has 0 saturated carbocycles. The number of carbonyl (C=O) groups excluding carboxylic acids is 2. The van der Waals surface area contributed by atoms with Gasteiger partial charge in [0.25, 0.3) is 5.91 Å². The summed E-state index contributed by atoms with van der Waals surface area (Å²) in [6.45, 7) is 16.4. The number of halogens is 1. The van der Waals surface area contributed by atoms with Gasteiger partial charge in [-0.1, -0.05) is 58.0 Å². The smallest absolute Gasteiger partial charge is 0.261 e. The van der Waals surface area contributed by atoms with Crippen LogP contribution in [0, 0.1) is 6.92 Å². The minimum Gasteiger partial charge on any atom is -0.483 e. The van der Waals surface area contributed by atoms with Crippen LogP contribution in [0.3, 0.4) is 0 Å². The molecule has 2 aromatic rings. The van der Waals surface area contributed by atoms with Crippen molar-refractivity contribution in [3.05, 3.63) is 63.6 Å². The third-order valence-electron chi connectivity index (χ3n) is 5.64. The second-order valence-corrected chi connectivity index (χ2v) is 11.6. The summed E-state index contributed by atoms with van der Waals surface area (Å²) in [5.41, 5.74) is 2.87. The lowest BCUT2D eigenvalue weighted by Gasteiger charge is -2.33. The van der Waals surface area contributed by atoms with Gasteiger partial charge in [0.2, 0.25) is 5.91 Å². The van der Waals surface area contributed by atoms with Gasteiger partial charge >= 0.3 is 0 Å². The summed E-state index contributed by atoms with van der Waals surface area (Å²) in [4.78, 5) is 28.2. The van der Waals surface area contributed by atoms with E-state index in [9.17, 15) is 9.59 Å². The van der Waals surface area contributed by atoms with Gasteiger partial charge in [-0.15, -0.1) is 0 Å². The Morgan fingerprint density at radius 1 is 1.06 bits per heavy atom. The first-order chi connectivity index (χ1) is 15.7. The largest absolute Gasteiger partial charge is 0.483 e. The van der Waals surface area contributed by atoms with Gasteiger partial charge in [-0.05, 0) is 84.3 Å². The Morgan fingerprint density at radius 2 is 1.71 bits per heavy atom. The molecule has 0 spiro atoms. The molecule has 0 saturated heterocycles. The van der Waals surface area contributed by atoms with E-state index < -0.39 is 11.6 Å². The first-order valence-electron chi connectivity index (χ1n) is 11.8. The van der Waals surface area contributed by atoms with Crippen molar-refractivity contribution in [2.24, 2.45) is 0 Å². The number of hydrogen-bond acceptors (Lipinski definition) is 3. The number of rotatable bonds is 8. The summed E-state index contributed by atoms with van der Waals surface area (Å²) in [7, 11) is 0. The average molecular weight is 532 g/mol. The van der Waals surface area contributed by atoms with E-state index >= 15 is 0 Å². The van der Waals surface area contributed by atoms with Crippen molar-refractivity contribution in [2.45, 2.75) is 85.4 Å². The Hall–Kier alpha value is -2.34. The van der Waals surface area contributed by atoms with Crippen molar-refractivity contribution in [1.82, 2.24) is 10.2 Å². The van der Waals surface area contributed by atoms with E-state index in [1.807, 2.05) is 77.1 Å². The predicted molar refractivity (Wildman–Crippen MR) is 142 cm³/mol. The van der Waals surface area contributed by atoms with Gasteiger partial charge in [-0.3, -0.25) is 9.59 Å². The van der Waals surface area contributed by atoms with Crippen molar-refractivity contribution >= 4 is 27.7 Å². The van der Waals surface area contributed by atoms with Gasteiger partial charge in [-0.2, -0.15) is 0 Å². The quantitative estimate of drug-likeness (QED) is 0.444. The molecule has 34 heavy (non-hydrogen) atoms. The molecule has 0 heterocycles. The summed E-state index contributed by atoms with van der Waals surface area (Å²) in [5.74, 6) is 0.211. The summed E-state index contributed by atoms with van der Waals surface area (Å²) in [6, 6.07) is 13.2. The molecule has 2 rings (SSSR count). The first-order valence-corrected chi connectivity index (χ1v) is 12.6. The van der Waals surface area contributed by atoms with Crippen molar-refractivity contribution in [3.63, 3.8) is 0 Å². The molecule has 1 N–H and O–H groups in total. The zero-order chi connectivity index (χ0) is 25.7. The van der Waals surface area contributed by atoms with Gasteiger partial charge in [0.05, 0.1) is 4.47 Å². The minimum atomic E-state index is -0.596. The maximum atomic E-state index is 13.4. The van der Waals surface area contributed by atoms with Gasteiger partial charge in [0, 0.05) is 12.1 Å². The highest BCUT2D eigenvalue weighted by molar-refractivity contribution is 9.10. The van der Waals surface area contributed by atoms with Crippen LogP contribution in [0.25, 0.3) is 0 Å². The first kappa shape index (κ1) is 27.9. The van der Waals surface area contributed by atoms with Crippen LogP contribution in [0.5, 0.6) is 5.75 Å². The molecule has 0 bridgehead atoms. The predicted octanol–water partition coefficient (Wildman–Crippen LogP) is 6.16. The lowest BCUT2D eigenvalue weighted by molar-refractivity contribution is -0.143. The fraction of sp³-hybridized carbons (Fsp3) is 0.500. The van der Waals surface area contributed by atoms with Crippen molar-refractivity contribution in [1.29, 1.82) is 0 Å². The van der Waals surface area contributed by atoms with Crippen LogP contribution in [0.1, 0.15) is 71.6 Å². The minimum absolute atomic E-state index is 0.00990. The van der Waals surface area contributed by atoms with E-state index in [0.717, 1.165) is 15.6 Å². The van der Waals surface area contributed by atoms with Crippen molar-refractivity contribution < 1.29 is 14.3 Å². The van der Waals surface area contributed by atoms with Crippen LogP contribution in [-0.4, -0.2) is 34.9 Å². The molecule has 0 aliphatic heterocycles. The fourth-order valence-electron chi connectivity index (χ4n) is 3.65. The van der Waals surface area contributed by atoms with E-state index in [4.69, 9.17) is 4.74 Å². The van der Waals surface area contributed by atoms with Crippen LogP contribution >= 0.6 is 15.9 Å². The summed E-state index contributed by atoms with van der Waals surface area (Å²) in [6.07, 6.45) is 0.503. The lowest BCUT2D eigenvalue weighted by atomic mass is 9.87. The Labute approximate surface area is 213 Å². The van der Waals surface area contributed by atoms with Crippen molar-refractivity contribution in [2.75, 3.05) is 6.61 Å². The van der Waals surface area contributed by atoms with Gasteiger partial charge < -0.3 is 15.0 Å². The molecule has 2 amide bonds. The van der Waals surface area contributed by atoms with Gasteiger partial charge in [0.15, 0.2) is 6.61 Å². The second kappa shape index (κ2) is 11.4. The molecule has 0 aromatic heterocycles. The summed E-state index contributed by atoms with van der Waals surface area (Å²) < 4.78 is 6.72. The molecule has 0 aliphatic rings.